The van der Waals surface area contributed by atoms with Crippen LogP contribution in [-0.2, 0) is 0 Å². The summed E-state index contributed by atoms with van der Waals surface area (Å²) in [6.07, 6.45) is 0. The summed E-state index contributed by atoms with van der Waals surface area (Å²) in [5, 5.41) is 14.6. The van der Waals surface area contributed by atoms with Crippen molar-refractivity contribution in [3.63, 3.8) is 0 Å². The third kappa shape index (κ3) is 1.89. The molecule has 2 aromatic carbocycles. The first kappa shape index (κ1) is 12.5. The van der Waals surface area contributed by atoms with Gasteiger partial charge in [0, 0.05) is 10.9 Å². The molecule has 0 amide bonds. The van der Waals surface area contributed by atoms with Gasteiger partial charge in [-0.25, -0.2) is 4.79 Å². The van der Waals surface area contributed by atoms with Gasteiger partial charge in [0.25, 0.3) is 0 Å². The lowest BCUT2D eigenvalue weighted by Gasteiger charge is -2.09. The van der Waals surface area contributed by atoms with E-state index in [1.165, 1.54) is 0 Å². The number of nitrogens with zero attached hydrogens (tertiary/aromatic N) is 3. The molecule has 0 radical (unpaired) electrons. The fourth-order valence-electron chi connectivity index (χ4n) is 2.53. The molecule has 0 saturated carbocycles. The lowest BCUT2D eigenvalue weighted by atomic mass is 9.97. The van der Waals surface area contributed by atoms with Crippen molar-refractivity contribution >= 4 is 11.0 Å². The third-order valence-electron chi connectivity index (χ3n) is 3.44. The van der Waals surface area contributed by atoms with Crippen molar-refractivity contribution in [1.82, 2.24) is 20.6 Å². The highest BCUT2D eigenvalue weighted by Gasteiger charge is 2.20. The van der Waals surface area contributed by atoms with Gasteiger partial charge in [-0.1, -0.05) is 48.5 Å². The third-order valence-corrected chi connectivity index (χ3v) is 3.44. The Morgan fingerprint density at radius 3 is 2.45 bits per heavy atom. The van der Waals surface area contributed by atoms with Gasteiger partial charge >= 0.3 is 5.63 Å². The first-order chi connectivity index (χ1) is 10.8. The number of nitrogens with one attached hydrogen (secondary N) is 1. The molecular formula is C16H10N4O2. The second-order valence-corrected chi connectivity index (χ2v) is 4.74. The first-order valence-electron chi connectivity index (χ1n) is 6.69. The Labute approximate surface area is 124 Å². The molecule has 6 nitrogen and oxygen atoms in total. The Balaban J connectivity index is 2.19. The number of rotatable bonds is 2. The van der Waals surface area contributed by atoms with Gasteiger partial charge in [-0.3, -0.25) is 0 Å². The van der Waals surface area contributed by atoms with Gasteiger partial charge in [-0.05, 0) is 16.8 Å². The minimum Gasteiger partial charge on any atom is -0.422 e. The normalized spacial score (nSPS) is 10.9. The molecule has 106 valence electrons. The maximum atomic E-state index is 12.4. The zero-order valence-corrected chi connectivity index (χ0v) is 11.4. The van der Waals surface area contributed by atoms with Gasteiger partial charge in [0.05, 0.1) is 0 Å². The van der Waals surface area contributed by atoms with Crippen molar-refractivity contribution in [3.05, 3.63) is 65.0 Å². The molecule has 2 heterocycles. The van der Waals surface area contributed by atoms with Crippen LogP contribution < -0.4 is 5.63 Å². The number of benzene rings is 2. The summed E-state index contributed by atoms with van der Waals surface area (Å²) in [7, 11) is 0. The summed E-state index contributed by atoms with van der Waals surface area (Å²) < 4.78 is 5.40. The van der Waals surface area contributed by atoms with E-state index in [4.69, 9.17) is 4.42 Å². The number of aromatic amines is 1. The monoisotopic (exact) mass is 290 g/mol. The molecule has 0 unspecified atom stereocenters. The number of para-hydroxylation sites is 1. The van der Waals surface area contributed by atoms with E-state index in [0.29, 0.717) is 11.1 Å². The molecule has 0 fully saturated rings. The van der Waals surface area contributed by atoms with Crippen LogP contribution in [0.3, 0.4) is 0 Å². The molecule has 0 bridgehead atoms. The van der Waals surface area contributed by atoms with Crippen LogP contribution in [-0.4, -0.2) is 20.6 Å². The van der Waals surface area contributed by atoms with E-state index in [9.17, 15) is 4.79 Å². The van der Waals surface area contributed by atoms with Crippen LogP contribution in [0.5, 0.6) is 0 Å². The molecule has 6 heteroatoms. The lowest BCUT2D eigenvalue weighted by molar-refractivity contribution is 0.563. The highest BCUT2D eigenvalue weighted by molar-refractivity contribution is 6.00. The zero-order chi connectivity index (χ0) is 14.9. The summed E-state index contributed by atoms with van der Waals surface area (Å²) in [6.45, 7) is 0. The van der Waals surface area contributed by atoms with E-state index in [2.05, 4.69) is 20.6 Å². The predicted molar refractivity (Wildman–Crippen MR) is 81.1 cm³/mol. The largest absolute Gasteiger partial charge is 0.422 e. The zero-order valence-electron chi connectivity index (χ0n) is 11.4. The molecule has 0 spiro atoms. The van der Waals surface area contributed by atoms with Crippen LogP contribution in [0.2, 0.25) is 0 Å². The number of H-pyrrole nitrogens is 1. The Hall–Kier alpha value is -3.28. The van der Waals surface area contributed by atoms with Crippen LogP contribution in [0, 0.1) is 0 Å². The summed E-state index contributed by atoms with van der Waals surface area (Å²) in [5.41, 5.74) is 1.98. The van der Waals surface area contributed by atoms with Gasteiger partial charge in [-0.2, -0.15) is 5.21 Å². The highest BCUT2D eigenvalue weighted by atomic mass is 16.4. The Morgan fingerprint density at radius 1 is 0.909 bits per heavy atom. The standard InChI is InChI=1S/C16H10N4O2/c21-16-14(15-17-19-20-18-15)13(10-6-2-1-3-7-10)11-8-4-5-9-12(11)22-16/h1-9H,(H,17,18,19,20). The number of tetrazole rings is 1. The summed E-state index contributed by atoms with van der Waals surface area (Å²) >= 11 is 0. The fraction of sp³-hybridized carbons (Fsp3) is 0. The van der Waals surface area contributed by atoms with E-state index < -0.39 is 5.63 Å². The van der Waals surface area contributed by atoms with Crippen molar-refractivity contribution in [3.8, 4) is 22.5 Å². The predicted octanol–water partition coefficient (Wildman–Crippen LogP) is 2.64. The summed E-state index contributed by atoms with van der Waals surface area (Å²) in [6, 6.07) is 17.0. The smallest absolute Gasteiger partial charge is 0.348 e. The molecule has 0 saturated heterocycles. The molecule has 0 aliphatic heterocycles. The van der Waals surface area contributed by atoms with Crippen LogP contribution in [0.1, 0.15) is 0 Å². The molecule has 4 aromatic rings. The summed E-state index contributed by atoms with van der Waals surface area (Å²) in [5.74, 6) is 0.221. The van der Waals surface area contributed by atoms with E-state index in [1.807, 2.05) is 48.5 Å². The second-order valence-electron chi connectivity index (χ2n) is 4.74. The highest BCUT2D eigenvalue weighted by Crippen LogP contribution is 2.33. The first-order valence-corrected chi connectivity index (χ1v) is 6.69. The Morgan fingerprint density at radius 2 is 1.68 bits per heavy atom. The van der Waals surface area contributed by atoms with Gasteiger partial charge < -0.3 is 4.42 Å². The maximum absolute atomic E-state index is 12.4. The van der Waals surface area contributed by atoms with Crippen molar-refractivity contribution in [2.45, 2.75) is 0 Å². The molecule has 22 heavy (non-hydrogen) atoms. The molecule has 4 rings (SSSR count). The van der Waals surface area contributed by atoms with Gasteiger partial charge in [0.1, 0.15) is 11.1 Å². The molecular weight excluding hydrogens is 280 g/mol. The molecule has 0 aliphatic carbocycles. The maximum Gasteiger partial charge on any atom is 0.348 e. The number of hydrogen-bond acceptors (Lipinski definition) is 5. The van der Waals surface area contributed by atoms with Crippen LogP contribution in [0.15, 0.2) is 63.8 Å². The summed E-state index contributed by atoms with van der Waals surface area (Å²) in [4.78, 5) is 12.4. The van der Waals surface area contributed by atoms with E-state index in [-0.39, 0.29) is 5.82 Å². The minimum absolute atomic E-state index is 0.221. The Bertz CT molecular complexity index is 992. The Kier molecular flexibility index (Phi) is 2.79. The average molecular weight is 290 g/mol. The van der Waals surface area contributed by atoms with Crippen LogP contribution in [0.4, 0.5) is 0 Å². The number of fused-ring (bicyclic) bond motifs is 1. The molecule has 1 N–H and O–H groups in total. The number of hydrogen-bond donors (Lipinski definition) is 1. The quantitative estimate of drug-likeness (QED) is 0.574. The van der Waals surface area contributed by atoms with Crippen molar-refractivity contribution in [1.29, 1.82) is 0 Å². The van der Waals surface area contributed by atoms with Crippen LogP contribution >= 0.6 is 0 Å². The second kappa shape index (κ2) is 4.92. The van der Waals surface area contributed by atoms with Gasteiger partial charge in [0.2, 0.25) is 5.82 Å². The van der Waals surface area contributed by atoms with Gasteiger partial charge in [-0.15, -0.1) is 10.2 Å². The van der Waals surface area contributed by atoms with E-state index in [0.717, 1.165) is 16.5 Å². The molecule has 0 aliphatic rings. The van der Waals surface area contributed by atoms with E-state index in [1.54, 1.807) is 6.07 Å². The fourth-order valence-corrected chi connectivity index (χ4v) is 2.53. The molecule has 0 atom stereocenters. The van der Waals surface area contributed by atoms with E-state index >= 15 is 0 Å². The van der Waals surface area contributed by atoms with Crippen molar-refractivity contribution in [2.75, 3.05) is 0 Å². The van der Waals surface area contributed by atoms with Crippen LogP contribution in [0.25, 0.3) is 33.5 Å². The SMILES string of the molecule is O=c1oc2ccccc2c(-c2ccccc2)c1-c1nn[nH]n1. The minimum atomic E-state index is -0.487. The average Bonchev–Trinajstić information content (AvgIpc) is 3.08. The number of aromatic nitrogens is 4. The topological polar surface area (TPSA) is 84.7 Å². The van der Waals surface area contributed by atoms with Crippen molar-refractivity contribution < 1.29 is 4.42 Å². The lowest BCUT2D eigenvalue weighted by Crippen LogP contribution is -2.07. The molecule has 2 aromatic heterocycles. The van der Waals surface area contributed by atoms with Gasteiger partial charge in [0.15, 0.2) is 0 Å². The van der Waals surface area contributed by atoms with Crippen molar-refractivity contribution in [2.24, 2.45) is 0 Å².